The summed E-state index contributed by atoms with van der Waals surface area (Å²) in [5.74, 6) is -0.246. The molecule has 0 atom stereocenters. The molecule has 1 aromatic rings. The Morgan fingerprint density at radius 2 is 2.33 bits per heavy atom. The second-order valence-electron chi connectivity index (χ2n) is 2.75. The summed E-state index contributed by atoms with van der Waals surface area (Å²) in [5.41, 5.74) is 0. The maximum absolute atomic E-state index is 12.9. The van der Waals surface area contributed by atoms with E-state index in [1.54, 1.807) is 0 Å². The Labute approximate surface area is 74.0 Å². The molecule has 3 nitrogen and oxygen atoms in total. The second kappa shape index (κ2) is 2.86. The Kier molecular flexibility index (Phi) is 1.84. The first-order chi connectivity index (χ1) is 5.75. The molecule has 1 saturated carbocycles. The van der Waals surface area contributed by atoms with E-state index in [4.69, 9.17) is 11.6 Å². The van der Waals surface area contributed by atoms with Crippen LogP contribution in [0, 0.1) is 5.82 Å². The predicted molar refractivity (Wildman–Crippen MR) is 43.6 cm³/mol. The molecule has 2 rings (SSSR count). The monoisotopic (exact) mass is 187 g/mol. The summed E-state index contributed by atoms with van der Waals surface area (Å²) in [6.07, 6.45) is 3.21. The Morgan fingerprint density at radius 1 is 1.58 bits per heavy atom. The van der Waals surface area contributed by atoms with Gasteiger partial charge in [0.1, 0.15) is 0 Å². The first-order valence-corrected chi connectivity index (χ1v) is 4.08. The number of aromatic nitrogens is 2. The zero-order valence-corrected chi connectivity index (χ0v) is 6.98. The Morgan fingerprint density at radius 3 is 3.00 bits per heavy atom. The Bertz CT molecular complexity index is 301. The summed E-state index contributed by atoms with van der Waals surface area (Å²) in [6, 6.07) is 0.366. The van der Waals surface area contributed by atoms with Gasteiger partial charge in [-0.15, -0.1) is 0 Å². The van der Waals surface area contributed by atoms with E-state index in [-0.39, 0.29) is 11.1 Å². The molecule has 5 heteroatoms. The van der Waals surface area contributed by atoms with Gasteiger partial charge in [0.05, 0.1) is 6.20 Å². The van der Waals surface area contributed by atoms with Crippen LogP contribution in [0.2, 0.25) is 5.28 Å². The summed E-state index contributed by atoms with van der Waals surface area (Å²) >= 11 is 5.49. The van der Waals surface area contributed by atoms with Crippen molar-refractivity contribution in [1.82, 2.24) is 9.97 Å². The van der Waals surface area contributed by atoms with E-state index in [1.165, 1.54) is 0 Å². The van der Waals surface area contributed by atoms with Crippen molar-refractivity contribution < 1.29 is 4.39 Å². The zero-order chi connectivity index (χ0) is 8.55. The van der Waals surface area contributed by atoms with Gasteiger partial charge in [-0.3, -0.25) is 0 Å². The standard InChI is InChI=1S/C7H7ClFN3/c8-7-10-3-5(9)6(12-7)11-4-1-2-4/h3-4H,1-2H2,(H,10,11,12). The average molecular weight is 188 g/mol. The van der Waals surface area contributed by atoms with Gasteiger partial charge in [-0.2, -0.15) is 4.98 Å². The van der Waals surface area contributed by atoms with Crippen molar-refractivity contribution in [3.05, 3.63) is 17.3 Å². The molecule has 1 heterocycles. The van der Waals surface area contributed by atoms with E-state index in [9.17, 15) is 4.39 Å². The zero-order valence-electron chi connectivity index (χ0n) is 6.22. The molecule has 0 bridgehead atoms. The number of halogens is 2. The lowest BCUT2D eigenvalue weighted by molar-refractivity contribution is 0.616. The van der Waals surface area contributed by atoms with Crippen LogP contribution in [0.1, 0.15) is 12.8 Å². The van der Waals surface area contributed by atoms with Crippen LogP contribution in [-0.4, -0.2) is 16.0 Å². The fourth-order valence-corrected chi connectivity index (χ4v) is 1.00. The lowest BCUT2D eigenvalue weighted by Gasteiger charge is -2.03. The van der Waals surface area contributed by atoms with Crippen molar-refractivity contribution in [3.8, 4) is 0 Å². The van der Waals surface area contributed by atoms with Crippen LogP contribution in [0.4, 0.5) is 10.2 Å². The number of anilines is 1. The molecule has 12 heavy (non-hydrogen) atoms. The van der Waals surface area contributed by atoms with Gasteiger partial charge in [0, 0.05) is 6.04 Å². The molecule has 0 saturated heterocycles. The molecule has 0 radical (unpaired) electrons. The summed E-state index contributed by atoms with van der Waals surface area (Å²) in [7, 11) is 0. The third kappa shape index (κ3) is 1.64. The number of nitrogens with one attached hydrogen (secondary N) is 1. The highest BCUT2D eigenvalue weighted by Crippen LogP contribution is 2.25. The van der Waals surface area contributed by atoms with Gasteiger partial charge < -0.3 is 5.32 Å². The molecule has 64 valence electrons. The van der Waals surface area contributed by atoms with E-state index < -0.39 is 5.82 Å². The van der Waals surface area contributed by atoms with Gasteiger partial charge in [0.25, 0.3) is 0 Å². The second-order valence-corrected chi connectivity index (χ2v) is 3.09. The molecule has 0 amide bonds. The third-order valence-electron chi connectivity index (χ3n) is 1.63. The summed E-state index contributed by atoms with van der Waals surface area (Å²) in [6.45, 7) is 0. The molecule has 0 aliphatic heterocycles. The lowest BCUT2D eigenvalue weighted by Crippen LogP contribution is -2.05. The molecule has 1 aromatic heterocycles. The SMILES string of the molecule is Fc1cnc(Cl)nc1NC1CC1. The van der Waals surface area contributed by atoms with Crippen molar-refractivity contribution in [2.45, 2.75) is 18.9 Å². The molecule has 1 aliphatic rings. The number of hydrogen-bond acceptors (Lipinski definition) is 3. The minimum absolute atomic E-state index is 0.0690. The van der Waals surface area contributed by atoms with E-state index in [0.29, 0.717) is 6.04 Å². The van der Waals surface area contributed by atoms with Crippen molar-refractivity contribution in [3.63, 3.8) is 0 Å². The van der Waals surface area contributed by atoms with Crippen LogP contribution in [-0.2, 0) is 0 Å². The topological polar surface area (TPSA) is 37.8 Å². The molecule has 1 N–H and O–H groups in total. The van der Waals surface area contributed by atoms with Crippen LogP contribution in [0.15, 0.2) is 6.20 Å². The number of hydrogen-bond donors (Lipinski definition) is 1. The first-order valence-electron chi connectivity index (χ1n) is 3.70. The summed E-state index contributed by atoms with van der Waals surface area (Å²) in [4.78, 5) is 7.23. The Hall–Kier alpha value is -0.900. The number of nitrogens with zero attached hydrogens (tertiary/aromatic N) is 2. The van der Waals surface area contributed by atoms with Crippen molar-refractivity contribution in [2.75, 3.05) is 5.32 Å². The van der Waals surface area contributed by atoms with E-state index in [1.807, 2.05) is 0 Å². The highest BCUT2D eigenvalue weighted by Gasteiger charge is 2.22. The molecule has 1 fully saturated rings. The smallest absolute Gasteiger partial charge is 0.224 e. The summed E-state index contributed by atoms with van der Waals surface area (Å²) in [5, 5.41) is 2.98. The quantitative estimate of drug-likeness (QED) is 0.718. The number of rotatable bonds is 2. The predicted octanol–water partition coefficient (Wildman–Crippen LogP) is 1.84. The van der Waals surface area contributed by atoms with E-state index in [0.717, 1.165) is 19.0 Å². The normalized spacial score (nSPS) is 16.2. The molecule has 0 spiro atoms. The van der Waals surface area contributed by atoms with Crippen molar-refractivity contribution in [1.29, 1.82) is 0 Å². The Balaban J connectivity index is 2.21. The maximum Gasteiger partial charge on any atom is 0.224 e. The molecular formula is C7H7ClFN3. The van der Waals surface area contributed by atoms with Gasteiger partial charge in [-0.05, 0) is 24.4 Å². The largest absolute Gasteiger partial charge is 0.365 e. The molecular weight excluding hydrogens is 181 g/mol. The minimum atomic E-state index is -0.452. The van der Waals surface area contributed by atoms with Gasteiger partial charge in [-0.1, -0.05) is 0 Å². The highest BCUT2D eigenvalue weighted by atomic mass is 35.5. The van der Waals surface area contributed by atoms with Gasteiger partial charge in [-0.25, -0.2) is 9.37 Å². The molecule has 0 unspecified atom stereocenters. The minimum Gasteiger partial charge on any atom is -0.365 e. The lowest BCUT2D eigenvalue weighted by atomic mass is 10.5. The van der Waals surface area contributed by atoms with Crippen LogP contribution in [0.25, 0.3) is 0 Å². The van der Waals surface area contributed by atoms with E-state index >= 15 is 0 Å². The fourth-order valence-electron chi connectivity index (χ4n) is 0.868. The maximum atomic E-state index is 12.9. The van der Waals surface area contributed by atoms with Crippen LogP contribution in [0.3, 0.4) is 0 Å². The van der Waals surface area contributed by atoms with Gasteiger partial charge in [0.2, 0.25) is 5.28 Å². The van der Waals surface area contributed by atoms with Crippen LogP contribution < -0.4 is 5.32 Å². The van der Waals surface area contributed by atoms with Gasteiger partial charge >= 0.3 is 0 Å². The van der Waals surface area contributed by atoms with Crippen LogP contribution >= 0.6 is 11.6 Å². The van der Waals surface area contributed by atoms with Gasteiger partial charge in [0.15, 0.2) is 11.6 Å². The molecule has 0 aromatic carbocycles. The molecule has 1 aliphatic carbocycles. The highest BCUT2D eigenvalue weighted by molar-refractivity contribution is 6.28. The van der Waals surface area contributed by atoms with Crippen molar-refractivity contribution in [2.24, 2.45) is 0 Å². The van der Waals surface area contributed by atoms with Crippen molar-refractivity contribution >= 4 is 17.4 Å². The van der Waals surface area contributed by atoms with Crippen LogP contribution in [0.5, 0.6) is 0 Å². The summed E-state index contributed by atoms with van der Waals surface area (Å²) < 4.78 is 12.9. The van der Waals surface area contributed by atoms with E-state index in [2.05, 4.69) is 15.3 Å². The fraction of sp³-hybridized carbons (Fsp3) is 0.429. The first kappa shape index (κ1) is 7.73. The third-order valence-corrected chi connectivity index (χ3v) is 1.82. The average Bonchev–Trinajstić information content (AvgIpc) is 2.81.